The van der Waals surface area contributed by atoms with Gasteiger partial charge in [0.05, 0.1) is 27.6 Å². The molecule has 1 saturated heterocycles. The van der Waals surface area contributed by atoms with E-state index in [1.165, 1.54) is 11.3 Å². The zero-order valence-electron chi connectivity index (χ0n) is 18.3. The van der Waals surface area contributed by atoms with Crippen LogP contribution in [0.1, 0.15) is 21.7 Å². The quantitative estimate of drug-likeness (QED) is 0.431. The molecule has 5 rings (SSSR count). The van der Waals surface area contributed by atoms with Gasteiger partial charge in [0.15, 0.2) is 0 Å². The Morgan fingerprint density at radius 3 is 2.65 bits per heavy atom. The number of para-hydroxylation sites is 1. The van der Waals surface area contributed by atoms with E-state index < -0.39 is 6.10 Å². The van der Waals surface area contributed by atoms with Gasteiger partial charge in [-0.1, -0.05) is 30.3 Å². The Bertz CT molecular complexity index is 1320. The summed E-state index contributed by atoms with van der Waals surface area (Å²) < 4.78 is 6.88. The number of benzene rings is 2. The van der Waals surface area contributed by atoms with Gasteiger partial charge in [-0.2, -0.15) is 0 Å². The molecule has 0 saturated carbocycles. The first-order chi connectivity index (χ1) is 16.5. The summed E-state index contributed by atoms with van der Waals surface area (Å²) in [6.45, 7) is 0.917. The molecular weight excluding hydrogens is 450 g/mol. The molecule has 1 atom stereocenters. The molecule has 2 N–H and O–H groups in total. The lowest BCUT2D eigenvalue weighted by Crippen LogP contribution is -2.28. The summed E-state index contributed by atoms with van der Waals surface area (Å²) in [7, 11) is 0. The largest absolute Gasteiger partial charge is 0.456 e. The molecule has 0 bridgehead atoms. The molecule has 2 aromatic heterocycles. The Kier molecular flexibility index (Phi) is 6.24. The van der Waals surface area contributed by atoms with Crippen LogP contribution in [0, 0.1) is 0 Å². The van der Waals surface area contributed by atoms with Crippen molar-refractivity contribution in [1.29, 1.82) is 0 Å². The third kappa shape index (κ3) is 4.93. The van der Waals surface area contributed by atoms with E-state index >= 15 is 0 Å². The lowest BCUT2D eigenvalue weighted by molar-refractivity contribution is -0.115. The number of carbonyl (C=O) groups is 2. The maximum Gasteiger partial charge on any atom is 0.264 e. The summed E-state index contributed by atoms with van der Waals surface area (Å²) in [6, 6.07) is 20.3. The van der Waals surface area contributed by atoms with Gasteiger partial charge in [0.1, 0.15) is 11.5 Å². The molecule has 34 heavy (non-hydrogen) atoms. The van der Waals surface area contributed by atoms with Crippen LogP contribution >= 0.6 is 11.3 Å². The first-order valence-corrected chi connectivity index (χ1v) is 11.8. The molecule has 8 heteroatoms. The van der Waals surface area contributed by atoms with Gasteiger partial charge < -0.3 is 20.1 Å². The van der Waals surface area contributed by atoms with E-state index in [9.17, 15) is 14.7 Å². The third-order valence-corrected chi connectivity index (χ3v) is 6.74. The number of hydrogen-bond donors (Lipinski definition) is 2. The monoisotopic (exact) mass is 473 g/mol. The average Bonchev–Trinajstić information content (AvgIpc) is 3.47. The molecule has 1 aliphatic rings. The maximum atomic E-state index is 12.8. The van der Waals surface area contributed by atoms with Crippen LogP contribution in [0.25, 0.3) is 10.2 Å². The fourth-order valence-electron chi connectivity index (χ4n) is 3.90. The SMILES string of the molecule is O=C(Cc1ccc(Oc2ccnc3cc(C(=O)N4CC[C@@H](O)C4)sc23)cc1)Nc1ccccc1. The van der Waals surface area contributed by atoms with Crippen molar-refractivity contribution in [2.45, 2.75) is 18.9 Å². The van der Waals surface area contributed by atoms with E-state index in [-0.39, 0.29) is 18.2 Å². The molecule has 0 radical (unpaired) electrons. The predicted molar refractivity (Wildman–Crippen MR) is 131 cm³/mol. The molecule has 1 aliphatic heterocycles. The highest BCUT2D eigenvalue weighted by Crippen LogP contribution is 2.35. The summed E-state index contributed by atoms with van der Waals surface area (Å²) in [5.41, 5.74) is 2.33. The fraction of sp³-hybridized carbons (Fsp3) is 0.192. The van der Waals surface area contributed by atoms with Crippen LogP contribution in [0.15, 0.2) is 72.9 Å². The topological polar surface area (TPSA) is 91.8 Å². The molecule has 4 aromatic rings. The molecule has 1 fully saturated rings. The summed E-state index contributed by atoms with van der Waals surface area (Å²) in [6.07, 6.45) is 2.06. The van der Waals surface area contributed by atoms with Gasteiger partial charge in [-0.05, 0) is 42.3 Å². The number of carbonyl (C=O) groups excluding carboxylic acids is 2. The first-order valence-electron chi connectivity index (χ1n) is 11.0. The van der Waals surface area contributed by atoms with Crippen molar-refractivity contribution in [3.05, 3.63) is 83.4 Å². The molecule has 2 amide bonds. The number of ether oxygens (including phenoxy) is 1. The van der Waals surface area contributed by atoms with E-state index in [0.29, 0.717) is 41.4 Å². The number of β-amino-alcohol motifs (C(OH)–C–C–N with tert-alkyl or cyclic N) is 1. The van der Waals surface area contributed by atoms with Crippen molar-refractivity contribution < 1.29 is 19.4 Å². The van der Waals surface area contributed by atoms with Gasteiger partial charge in [-0.25, -0.2) is 0 Å². The van der Waals surface area contributed by atoms with Crippen molar-refractivity contribution >= 4 is 39.1 Å². The third-order valence-electron chi connectivity index (χ3n) is 5.61. The number of hydrogen-bond acceptors (Lipinski definition) is 6. The Hall–Kier alpha value is -3.75. The minimum absolute atomic E-state index is 0.0861. The van der Waals surface area contributed by atoms with Crippen LogP contribution in [0.3, 0.4) is 0 Å². The molecule has 2 aromatic carbocycles. The number of nitrogens with one attached hydrogen (secondary N) is 1. The van der Waals surface area contributed by atoms with E-state index in [1.807, 2.05) is 54.6 Å². The highest BCUT2D eigenvalue weighted by Gasteiger charge is 2.27. The van der Waals surface area contributed by atoms with Crippen LogP contribution in [0.5, 0.6) is 11.5 Å². The highest BCUT2D eigenvalue weighted by molar-refractivity contribution is 7.21. The highest BCUT2D eigenvalue weighted by atomic mass is 32.1. The van der Waals surface area contributed by atoms with Gasteiger partial charge in [-0.15, -0.1) is 11.3 Å². The summed E-state index contributed by atoms with van der Waals surface area (Å²) in [5.74, 6) is 1.06. The van der Waals surface area contributed by atoms with E-state index in [2.05, 4.69) is 10.3 Å². The second-order valence-electron chi connectivity index (χ2n) is 8.16. The molecule has 172 valence electrons. The van der Waals surface area contributed by atoms with Gasteiger partial charge in [-0.3, -0.25) is 14.6 Å². The standard InChI is InChI=1S/C26H23N3O4S/c30-19-11-13-29(16-19)26(32)23-15-21-25(34-23)22(10-12-27-21)33-20-8-6-17(7-9-20)14-24(31)28-18-4-2-1-3-5-18/h1-10,12,15,19,30H,11,13-14,16H2,(H,28,31)/t19-/m1/s1. The number of nitrogens with zero attached hydrogens (tertiary/aromatic N) is 2. The van der Waals surface area contributed by atoms with Gasteiger partial charge >= 0.3 is 0 Å². The van der Waals surface area contributed by atoms with Crippen LogP contribution in [-0.2, 0) is 11.2 Å². The number of aliphatic hydroxyl groups is 1. The number of rotatable bonds is 6. The lowest BCUT2D eigenvalue weighted by atomic mass is 10.1. The Morgan fingerprint density at radius 1 is 1.12 bits per heavy atom. The smallest absolute Gasteiger partial charge is 0.264 e. The van der Waals surface area contributed by atoms with E-state index in [0.717, 1.165) is 16.0 Å². The van der Waals surface area contributed by atoms with E-state index in [4.69, 9.17) is 4.74 Å². The molecular formula is C26H23N3O4S. The summed E-state index contributed by atoms with van der Waals surface area (Å²) in [4.78, 5) is 31.7. The Labute approximate surface area is 200 Å². The fourth-order valence-corrected chi connectivity index (χ4v) is 4.93. The van der Waals surface area contributed by atoms with Crippen molar-refractivity contribution in [3.8, 4) is 11.5 Å². The van der Waals surface area contributed by atoms with Crippen molar-refractivity contribution in [2.24, 2.45) is 0 Å². The lowest BCUT2D eigenvalue weighted by Gasteiger charge is -2.13. The zero-order valence-corrected chi connectivity index (χ0v) is 19.1. The second kappa shape index (κ2) is 9.62. The number of aromatic nitrogens is 1. The van der Waals surface area contributed by atoms with Crippen LogP contribution in [0.4, 0.5) is 5.69 Å². The minimum atomic E-state index is -0.456. The van der Waals surface area contributed by atoms with Gasteiger partial charge in [0, 0.05) is 31.0 Å². The number of anilines is 1. The minimum Gasteiger partial charge on any atom is -0.456 e. The number of thiophene rings is 1. The number of likely N-dealkylation sites (tertiary alicyclic amines) is 1. The molecule has 0 unspecified atom stereocenters. The molecule has 0 spiro atoms. The molecule has 3 heterocycles. The molecule has 7 nitrogen and oxygen atoms in total. The van der Waals surface area contributed by atoms with Crippen molar-refractivity contribution in [1.82, 2.24) is 9.88 Å². The Balaban J connectivity index is 1.27. The average molecular weight is 474 g/mol. The maximum absolute atomic E-state index is 12.8. The normalized spacial score (nSPS) is 15.4. The number of fused-ring (bicyclic) bond motifs is 1. The first kappa shape index (κ1) is 22.1. The van der Waals surface area contributed by atoms with Gasteiger partial charge in [0.25, 0.3) is 5.91 Å². The van der Waals surface area contributed by atoms with Gasteiger partial charge in [0.2, 0.25) is 5.91 Å². The molecule has 0 aliphatic carbocycles. The zero-order chi connectivity index (χ0) is 23.5. The summed E-state index contributed by atoms with van der Waals surface area (Å²) in [5, 5.41) is 12.6. The Morgan fingerprint density at radius 2 is 1.91 bits per heavy atom. The van der Waals surface area contributed by atoms with Crippen molar-refractivity contribution in [3.63, 3.8) is 0 Å². The van der Waals surface area contributed by atoms with Crippen LogP contribution < -0.4 is 10.1 Å². The number of amides is 2. The van der Waals surface area contributed by atoms with E-state index in [1.54, 1.807) is 23.2 Å². The van der Waals surface area contributed by atoms with Crippen molar-refractivity contribution in [2.75, 3.05) is 18.4 Å². The number of aliphatic hydroxyl groups excluding tert-OH is 1. The van der Waals surface area contributed by atoms with Crippen LogP contribution in [0.2, 0.25) is 0 Å². The second-order valence-corrected chi connectivity index (χ2v) is 9.22. The number of pyridine rings is 1. The van der Waals surface area contributed by atoms with Crippen LogP contribution in [-0.4, -0.2) is 46.0 Å². The predicted octanol–water partition coefficient (Wildman–Crippen LogP) is 4.48. The summed E-state index contributed by atoms with van der Waals surface area (Å²) >= 11 is 1.34.